The second kappa shape index (κ2) is 11.0. The van der Waals surface area contributed by atoms with Gasteiger partial charge in [-0.3, -0.25) is 9.69 Å². The molecule has 1 saturated heterocycles. The predicted octanol–water partition coefficient (Wildman–Crippen LogP) is 5.26. The van der Waals surface area contributed by atoms with Gasteiger partial charge in [0.2, 0.25) is 0 Å². The van der Waals surface area contributed by atoms with Crippen LogP contribution in [0.1, 0.15) is 23.6 Å². The van der Waals surface area contributed by atoms with Crippen LogP contribution in [0.3, 0.4) is 0 Å². The van der Waals surface area contributed by atoms with Crippen molar-refractivity contribution in [1.82, 2.24) is 4.90 Å². The lowest BCUT2D eigenvalue weighted by Gasteiger charge is -2.12. The van der Waals surface area contributed by atoms with Crippen molar-refractivity contribution in [3.8, 4) is 11.5 Å². The van der Waals surface area contributed by atoms with Crippen molar-refractivity contribution < 1.29 is 22.7 Å². The van der Waals surface area contributed by atoms with Crippen molar-refractivity contribution >= 4 is 38.9 Å². The molecule has 0 radical (unpaired) electrons. The highest BCUT2D eigenvalue weighted by atomic mass is 32.2. The fourth-order valence-corrected chi connectivity index (χ4v) is 5.75. The number of carbonyl (C=O) groups excluding carboxylic acids is 1. The number of benzene rings is 3. The van der Waals surface area contributed by atoms with Crippen molar-refractivity contribution in [1.29, 1.82) is 0 Å². The molecular weight excluding hydrogens is 496 g/mol. The molecule has 4 rings (SSSR count). The van der Waals surface area contributed by atoms with Crippen molar-refractivity contribution in [2.45, 2.75) is 25.3 Å². The lowest BCUT2D eigenvalue weighted by atomic mass is 10.1. The summed E-state index contributed by atoms with van der Waals surface area (Å²) in [5.74, 6) is 0.804. The van der Waals surface area contributed by atoms with Crippen molar-refractivity contribution in [3.63, 3.8) is 0 Å². The van der Waals surface area contributed by atoms with Crippen LogP contribution < -0.4 is 9.47 Å². The summed E-state index contributed by atoms with van der Waals surface area (Å²) in [4.78, 5) is 14.8. The van der Waals surface area contributed by atoms with E-state index in [4.69, 9.17) is 9.47 Å². The van der Waals surface area contributed by atoms with E-state index >= 15 is 0 Å². The van der Waals surface area contributed by atoms with Crippen LogP contribution in [0.2, 0.25) is 0 Å². The van der Waals surface area contributed by atoms with E-state index in [1.165, 1.54) is 17.0 Å². The Labute approximate surface area is 215 Å². The number of aryl methyl sites for hydroxylation is 1. The Morgan fingerprint density at radius 3 is 2.39 bits per heavy atom. The lowest BCUT2D eigenvalue weighted by molar-refractivity contribution is -0.122. The molecule has 36 heavy (non-hydrogen) atoms. The van der Waals surface area contributed by atoms with Crippen molar-refractivity contribution in [2.24, 2.45) is 4.40 Å². The van der Waals surface area contributed by atoms with Gasteiger partial charge in [0.15, 0.2) is 16.7 Å². The van der Waals surface area contributed by atoms with Gasteiger partial charge in [-0.05, 0) is 67.1 Å². The molecule has 186 valence electrons. The Hall–Kier alpha value is -3.56. The summed E-state index contributed by atoms with van der Waals surface area (Å²) in [5.41, 5.74) is 2.69. The molecule has 1 aliphatic heterocycles. The minimum atomic E-state index is -3.96. The van der Waals surface area contributed by atoms with Gasteiger partial charge in [0.25, 0.3) is 15.9 Å². The molecule has 0 spiro atoms. The Morgan fingerprint density at radius 1 is 1.00 bits per heavy atom. The Kier molecular flexibility index (Phi) is 7.81. The summed E-state index contributed by atoms with van der Waals surface area (Å²) in [6.07, 6.45) is 1.69. The van der Waals surface area contributed by atoms with Gasteiger partial charge in [-0.2, -0.15) is 8.42 Å². The summed E-state index contributed by atoms with van der Waals surface area (Å²) < 4.78 is 41.0. The molecule has 1 heterocycles. The van der Waals surface area contributed by atoms with E-state index in [2.05, 4.69) is 4.40 Å². The zero-order valence-corrected chi connectivity index (χ0v) is 21.8. The maximum atomic E-state index is 13.0. The molecule has 0 bridgehead atoms. The number of amides is 1. The SMILES string of the molecule is CCN1C(=O)C(=Cc2ccc(OCc3ccccc3)c(OC)c2)SC1=NS(=O)(=O)c1ccc(C)cc1. The Balaban J connectivity index is 1.57. The highest BCUT2D eigenvalue weighted by Gasteiger charge is 2.34. The topological polar surface area (TPSA) is 85.3 Å². The zero-order chi connectivity index (χ0) is 25.7. The Bertz CT molecular complexity index is 1420. The molecule has 9 heteroatoms. The van der Waals surface area contributed by atoms with E-state index in [1.807, 2.05) is 43.3 Å². The van der Waals surface area contributed by atoms with Gasteiger partial charge in [0, 0.05) is 6.54 Å². The largest absolute Gasteiger partial charge is 0.493 e. The summed E-state index contributed by atoms with van der Waals surface area (Å²) >= 11 is 1.03. The number of hydrogen-bond donors (Lipinski definition) is 0. The van der Waals surface area contributed by atoms with Crippen LogP contribution in [-0.2, 0) is 21.4 Å². The van der Waals surface area contributed by atoms with Gasteiger partial charge in [-0.15, -0.1) is 4.40 Å². The summed E-state index contributed by atoms with van der Waals surface area (Å²) in [7, 11) is -2.41. The van der Waals surface area contributed by atoms with Crippen molar-refractivity contribution in [3.05, 3.63) is 94.4 Å². The van der Waals surface area contributed by atoms with Crippen LogP contribution in [0.5, 0.6) is 11.5 Å². The molecule has 0 aromatic heterocycles. The average molecular weight is 523 g/mol. The molecule has 1 amide bonds. The van der Waals surface area contributed by atoms with Crippen LogP contribution in [0.15, 0.2) is 87.0 Å². The fourth-order valence-electron chi connectivity index (χ4n) is 3.50. The maximum Gasteiger partial charge on any atom is 0.284 e. The number of methoxy groups -OCH3 is 1. The minimum absolute atomic E-state index is 0.0814. The number of sulfonamides is 1. The summed E-state index contributed by atoms with van der Waals surface area (Å²) in [6, 6.07) is 21.6. The van der Waals surface area contributed by atoms with Gasteiger partial charge in [-0.25, -0.2) is 0 Å². The first-order chi connectivity index (χ1) is 17.3. The van der Waals surface area contributed by atoms with E-state index in [0.717, 1.165) is 22.9 Å². The molecule has 0 saturated carbocycles. The van der Waals surface area contributed by atoms with E-state index in [-0.39, 0.29) is 16.0 Å². The van der Waals surface area contributed by atoms with Crippen LogP contribution in [-0.4, -0.2) is 38.0 Å². The number of ether oxygens (including phenoxy) is 2. The van der Waals surface area contributed by atoms with E-state index < -0.39 is 10.0 Å². The molecule has 1 fully saturated rings. The summed E-state index contributed by atoms with van der Waals surface area (Å²) in [6.45, 7) is 4.34. The van der Waals surface area contributed by atoms with Gasteiger partial charge in [-0.1, -0.05) is 54.1 Å². The second-order valence-corrected chi connectivity index (χ2v) is 10.6. The number of hydrogen-bond acceptors (Lipinski definition) is 6. The predicted molar refractivity (Wildman–Crippen MR) is 143 cm³/mol. The van der Waals surface area contributed by atoms with Crippen LogP contribution in [0.25, 0.3) is 6.08 Å². The smallest absolute Gasteiger partial charge is 0.284 e. The molecule has 0 unspecified atom stereocenters. The van der Waals surface area contributed by atoms with E-state index in [0.29, 0.717) is 35.1 Å². The highest BCUT2D eigenvalue weighted by molar-refractivity contribution is 8.19. The standard InChI is InChI=1S/C27H26N2O5S2/c1-4-29-26(30)25(35-27(29)28-36(31,32)22-13-10-19(2)11-14-22)17-21-12-15-23(24(16-21)33-3)34-18-20-8-6-5-7-9-20/h5-17H,4,18H2,1-3H3. The monoisotopic (exact) mass is 522 g/mol. The second-order valence-electron chi connectivity index (χ2n) is 8.01. The van der Waals surface area contributed by atoms with Gasteiger partial charge < -0.3 is 9.47 Å². The van der Waals surface area contributed by atoms with E-state index in [1.54, 1.807) is 44.4 Å². The average Bonchev–Trinajstić information content (AvgIpc) is 3.16. The first-order valence-electron chi connectivity index (χ1n) is 11.3. The fraction of sp³-hybridized carbons (Fsp3) is 0.185. The van der Waals surface area contributed by atoms with Crippen LogP contribution in [0.4, 0.5) is 0 Å². The minimum Gasteiger partial charge on any atom is -0.493 e. The molecule has 3 aromatic carbocycles. The van der Waals surface area contributed by atoms with Gasteiger partial charge in [0.05, 0.1) is 16.9 Å². The molecule has 7 nitrogen and oxygen atoms in total. The van der Waals surface area contributed by atoms with Crippen LogP contribution in [0, 0.1) is 6.92 Å². The number of rotatable bonds is 8. The van der Waals surface area contributed by atoms with Crippen LogP contribution >= 0.6 is 11.8 Å². The van der Waals surface area contributed by atoms with Gasteiger partial charge in [0.1, 0.15) is 6.61 Å². The molecule has 0 atom stereocenters. The summed E-state index contributed by atoms with van der Waals surface area (Å²) in [5, 5.41) is 0.129. The number of amidine groups is 1. The zero-order valence-electron chi connectivity index (χ0n) is 20.2. The Morgan fingerprint density at radius 2 is 1.72 bits per heavy atom. The highest BCUT2D eigenvalue weighted by Crippen LogP contribution is 2.35. The number of nitrogens with zero attached hydrogens (tertiary/aromatic N) is 2. The molecule has 3 aromatic rings. The third-order valence-corrected chi connectivity index (χ3v) is 7.85. The normalized spacial score (nSPS) is 16.1. The number of carbonyl (C=O) groups is 1. The van der Waals surface area contributed by atoms with E-state index in [9.17, 15) is 13.2 Å². The third kappa shape index (κ3) is 5.80. The molecule has 0 N–H and O–H groups in total. The number of likely N-dealkylation sites (N-methyl/N-ethyl adjacent to an activating group) is 1. The third-order valence-electron chi connectivity index (χ3n) is 5.44. The molecular formula is C27H26N2O5S2. The lowest BCUT2D eigenvalue weighted by Crippen LogP contribution is -2.29. The molecule has 0 aliphatic carbocycles. The van der Waals surface area contributed by atoms with Gasteiger partial charge >= 0.3 is 0 Å². The number of thioether (sulfide) groups is 1. The quantitative estimate of drug-likeness (QED) is 0.375. The molecule has 1 aliphatic rings. The first kappa shape index (κ1) is 25.5. The maximum absolute atomic E-state index is 13.0. The van der Waals surface area contributed by atoms with Crippen molar-refractivity contribution in [2.75, 3.05) is 13.7 Å². The first-order valence-corrected chi connectivity index (χ1v) is 13.5.